The minimum Gasteiger partial charge on any atom is -0.368 e. The third-order valence-corrected chi connectivity index (χ3v) is 2.68. The Kier molecular flexibility index (Phi) is 3.11. The van der Waals surface area contributed by atoms with Crippen LogP contribution in [-0.4, -0.2) is 24.1 Å². The minimum atomic E-state index is -0.0200. The lowest BCUT2D eigenvalue weighted by Crippen LogP contribution is -2.47. The molecule has 3 nitrogen and oxygen atoms in total. The number of likely N-dealkylation sites (N-methyl/N-ethyl adjacent to an activating group) is 1. The number of nitrogens with zero attached hydrogens (tertiary/aromatic N) is 2. The zero-order chi connectivity index (χ0) is 10.8. The maximum absolute atomic E-state index is 5.73. The van der Waals surface area contributed by atoms with Crippen molar-refractivity contribution >= 4 is 5.69 Å². The number of aryl methyl sites for hydroxylation is 1. The van der Waals surface area contributed by atoms with E-state index in [-0.39, 0.29) is 5.54 Å². The molecule has 0 unspecified atom stereocenters. The molecule has 1 aromatic heterocycles. The van der Waals surface area contributed by atoms with Crippen LogP contribution in [0.25, 0.3) is 0 Å². The van der Waals surface area contributed by atoms with Gasteiger partial charge in [0, 0.05) is 36.7 Å². The zero-order valence-electron chi connectivity index (χ0n) is 9.41. The lowest BCUT2D eigenvalue weighted by Gasteiger charge is -2.36. The van der Waals surface area contributed by atoms with E-state index in [1.165, 1.54) is 0 Å². The number of pyridine rings is 1. The van der Waals surface area contributed by atoms with Crippen LogP contribution in [0.5, 0.6) is 0 Å². The van der Waals surface area contributed by atoms with Crippen molar-refractivity contribution < 1.29 is 0 Å². The Bertz CT molecular complexity index is 307. The standard InChI is InChI=1S/C11H19N3/c1-9-7-10(5-6-13-9)14(4)11(2,3)8-12/h5-7H,8,12H2,1-4H3. The predicted molar refractivity (Wildman–Crippen MR) is 60.5 cm³/mol. The monoisotopic (exact) mass is 193 g/mol. The molecule has 0 aliphatic carbocycles. The molecule has 14 heavy (non-hydrogen) atoms. The van der Waals surface area contributed by atoms with Crippen molar-refractivity contribution in [1.82, 2.24) is 4.98 Å². The van der Waals surface area contributed by atoms with Crippen LogP contribution in [0.3, 0.4) is 0 Å². The molecule has 0 radical (unpaired) electrons. The van der Waals surface area contributed by atoms with Crippen LogP contribution >= 0.6 is 0 Å². The van der Waals surface area contributed by atoms with Crippen molar-refractivity contribution in [2.45, 2.75) is 26.3 Å². The zero-order valence-corrected chi connectivity index (χ0v) is 9.41. The Hall–Kier alpha value is -1.09. The number of nitrogens with two attached hydrogens (primary N) is 1. The number of anilines is 1. The molecule has 0 atom stereocenters. The van der Waals surface area contributed by atoms with Gasteiger partial charge in [-0.3, -0.25) is 4.98 Å². The van der Waals surface area contributed by atoms with E-state index in [0.29, 0.717) is 6.54 Å². The summed E-state index contributed by atoms with van der Waals surface area (Å²) < 4.78 is 0. The molecule has 78 valence electrons. The van der Waals surface area contributed by atoms with Gasteiger partial charge in [-0.15, -0.1) is 0 Å². The lowest BCUT2D eigenvalue weighted by molar-refractivity contribution is 0.498. The van der Waals surface area contributed by atoms with Gasteiger partial charge in [0.2, 0.25) is 0 Å². The quantitative estimate of drug-likeness (QED) is 0.792. The predicted octanol–water partition coefficient (Wildman–Crippen LogP) is 1.56. The third kappa shape index (κ3) is 2.23. The molecule has 0 aromatic carbocycles. The van der Waals surface area contributed by atoms with Gasteiger partial charge in [0.15, 0.2) is 0 Å². The first kappa shape index (κ1) is 11.0. The van der Waals surface area contributed by atoms with E-state index in [1.54, 1.807) is 0 Å². The summed E-state index contributed by atoms with van der Waals surface area (Å²) in [7, 11) is 2.06. The van der Waals surface area contributed by atoms with Crippen LogP contribution < -0.4 is 10.6 Å². The fourth-order valence-corrected chi connectivity index (χ4v) is 1.23. The minimum absolute atomic E-state index is 0.0200. The number of rotatable bonds is 3. The molecule has 0 bridgehead atoms. The second-order valence-electron chi connectivity index (χ2n) is 4.23. The Morgan fingerprint density at radius 2 is 2.14 bits per heavy atom. The molecule has 0 amide bonds. The molecule has 0 aliphatic heterocycles. The summed E-state index contributed by atoms with van der Waals surface area (Å²) in [5.74, 6) is 0. The van der Waals surface area contributed by atoms with E-state index in [4.69, 9.17) is 5.73 Å². The van der Waals surface area contributed by atoms with Gasteiger partial charge < -0.3 is 10.6 Å². The summed E-state index contributed by atoms with van der Waals surface area (Å²) in [6.45, 7) is 6.88. The van der Waals surface area contributed by atoms with Crippen molar-refractivity contribution in [3.8, 4) is 0 Å². The Morgan fingerprint density at radius 3 is 2.64 bits per heavy atom. The van der Waals surface area contributed by atoms with Crippen molar-refractivity contribution in [2.75, 3.05) is 18.5 Å². The van der Waals surface area contributed by atoms with Gasteiger partial charge in [0.05, 0.1) is 0 Å². The smallest absolute Gasteiger partial charge is 0.0464 e. The van der Waals surface area contributed by atoms with Gasteiger partial charge in [0.1, 0.15) is 0 Å². The fraction of sp³-hybridized carbons (Fsp3) is 0.545. The molecule has 0 saturated carbocycles. The first-order valence-electron chi connectivity index (χ1n) is 4.84. The first-order chi connectivity index (χ1) is 6.47. The van der Waals surface area contributed by atoms with Crippen molar-refractivity contribution in [3.05, 3.63) is 24.0 Å². The second kappa shape index (κ2) is 3.96. The molecular weight excluding hydrogens is 174 g/mol. The largest absolute Gasteiger partial charge is 0.368 e. The first-order valence-corrected chi connectivity index (χ1v) is 4.84. The fourth-order valence-electron chi connectivity index (χ4n) is 1.23. The van der Waals surface area contributed by atoms with Gasteiger partial charge in [-0.25, -0.2) is 0 Å². The van der Waals surface area contributed by atoms with E-state index in [9.17, 15) is 0 Å². The molecule has 0 aliphatic rings. The highest BCUT2D eigenvalue weighted by Gasteiger charge is 2.21. The summed E-state index contributed by atoms with van der Waals surface area (Å²) in [5.41, 5.74) is 7.90. The van der Waals surface area contributed by atoms with E-state index in [0.717, 1.165) is 11.4 Å². The van der Waals surface area contributed by atoms with Crippen LogP contribution in [0.15, 0.2) is 18.3 Å². The molecule has 2 N–H and O–H groups in total. The topological polar surface area (TPSA) is 42.1 Å². The van der Waals surface area contributed by atoms with Gasteiger partial charge in [0.25, 0.3) is 0 Å². The van der Waals surface area contributed by atoms with Gasteiger partial charge >= 0.3 is 0 Å². The number of hydrogen-bond donors (Lipinski definition) is 1. The second-order valence-corrected chi connectivity index (χ2v) is 4.23. The van der Waals surface area contributed by atoms with Gasteiger partial charge in [-0.05, 0) is 32.9 Å². The average Bonchev–Trinajstić information content (AvgIpc) is 2.16. The van der Waals surface area contributed by atoms with Gasteiger partial charge in [-0.2, -0.15) is 0 Å². The van der Waals surface area contributed by atoms with Crippen molar-refractivity contribution in [1.29, 1.82) is 0 Å². The lowest BCUT2D eigenvalue weighted by atomic mass is 10.0. The van der Waals surface area contributed by atoms with Crippen molar-refractivity contribution in [2.24, 2.45) is 5.73 Å². The Morgan fingerprint density at radius 1 is 1.50 bits per heavy atom. The molecule has 1 aromatic rings. The normalized spacial score (nSPS) is 11.5. The Labute approximate surface area is 85.9 Å². The molecular formula is C11H19N3. The van der Waals surface area contributed by atoms with Crippen LogP contribution in [0, 0.1) is 6.92 Å². The van der Waals surface area contributed by atoms with Crippen LogP contribution in [-0.2, 0) is 0 Å². The summed E-state index contributed by atoms with van der Waals surface area (Å²) >= 11 is 0. The number of hydrogen-bond acceptors (Lipinski definition) is 3. The van der Waals surface area contributed by atoms with Crippen LogP contribution in [0.4, 0.5) is 5.69 Å². The highest BCUT2D eigenvalue weighted by molar-refractivity contribution is 5.48. The van der Waals surface area contributed by atoms with E-state index >= 15 is 0 Å². The van der Waals surface area contributed by atoms with Crippen LogP contribution in [0.1, 0.15) is 19.5 Å². The van der Waals surface area contributed by atoms with Gasteiger partial charge in [-0.1, -0.05) is 0 Å². The molecule has 0 saturated heterocycles. The highest BCUT2D eigenvalue weighted by atomic mass is 15.2. The molecule has 1 rings (SSSR count). The molecule has 0 fully saturated rings. The number of aromatic nitrogens is 1. The Balaban J connectivity index is 2.94. The summed E-state index contributed by atoms with van der Waals surface area (Å²) in [6, 6.07) is 4.07. The third-order valence-electron chi connectivity index (χ3n) is 2.68. The highest BCUT2D eigenvalue weighted by Crippen LogP contribution is 2.21. The summed E-state index contributed by atoms with van der Waals surface area (Å²) in [6.07, 6.45) is 1.83. The van der Waals surface area contributed by atoms with Crippen molar-refractivity contribution in [3.63, 3.8) is 0 Å². The molecule has 0 spiro atoms. The average molecular weight is 193 g/mol. The SMILES string of the molecule is Cc1cc(N(C)C(C)(C)CN)ccn1. The summed E-state index contributed by atoms with van der Waals surface area (Å²) in [5, 5.41) is 0. The van der Waals surface area contributed by atoms with E-state index in [2.05, 4.69) is 36.8 Å². The molecule has 1 heterocycles. The van der Waals surface area contributed by atoms with Crippen LogP contribution in [0.2, 0.25) is 0 Å². The summed E-state index contributed by atoms with van der Waals surface area (Å²) in [4.78, 5) is 6.35. The van der Waals surface area contributed by atoms with E-state index in [1.807, 2.05) is 19.2 Å². The maximum atomic E-state index is 5.73. The van der Waals surface area contributed by atoms with E-state index < -0.39 is 0 Å². The molecule has 3 heteroatoms. The maximum Gasteiger partial charge on any atom is 0.0464 e.